The number of aryl methyl sites for hydroxylation is 2. The minimum atomic E-state index is -4.26. The molecule has 0 amide bonds. The predicted octanol–water partition coefficient (Wildman–Crippen LogP) is 4.32. The van der Waals surface area contributed by atoms with Gasteiger partial charge in [-0.05, 0) is 42.5 Å². The van der Waals surface area contributed by atoms with Crippen molar-refractivity contribution < 1.29 is 17.9 Å². The van der Waals surface area contributed by atoms with Crippen LogP contribution in [0.25, 0.3) is 0 Å². The van der Waals surface area contributed by atoms with Gasteiger partial charge in [0.05, 0.1) is 6.10 Å². The maximum absolute atomic E-state index is 12.1. The summed E-state index contributed by atoms with van der Waals surface area (Å²) in [5.41, 5.74) is 3.07. The summed E-state index contributed by atoms with van der Waals surface area (Å²) in [6, 6.07) is 3.92. The molecule has 0 radical (unpaired) electrons. The number of hydrogen-bond donors (Lipinski definition) is 0. The third-order valence-corrected chi connectivity index (χ3v) is 3.46. The Hall–Kier alpha value is -0.550. The number of alkyl halides is 3. The first-order valence-corrected chi connectivity index (χ1v) is 6.13. The largest absolute Gasteiger partial charge is 0.411 e. The summed E-state index contributed by atoms with van der Waals surface area (Å²) in [7, 11) is 0. The molecule has 0 saturated heterocycles. The minimum Gasteiger partial charge on any atom is -0.364 e. The number of halogens is 4. The number of fused-ring (bicyclic) bond motifs is 1. The Balaban J connectivity index is 2.17. The molecular formula is C12H12BrF3O. The summed E-state index contributed by atoms with van der Waals surface area (Å²) in [5, 5.41) is 0. The molecule has 0 fully saturated rings. The topological polar surface area (TPSA) is 9.23 Å². The third kappa shape index (κ3) is 3.01. The standard InChI is InChI=1S/C12H12BrF3O/c1-7-4-8-2-3-10(11(8)9(13)5-7)17-6-12(14,15)16/h4-5,10H,2-3,6H2,1H3. The van der Waals surface area contributed by atoms with E-state index in [1.165, 1.54) is 0 Å². The van der Waals surface area contributed by atoms with Crippen LogP contribution in [0.1, 0.15) is 29.2 Å². The maximum Gasteiger partial charge on any atom is 0.411 e. The first-order chi connectivity index (χ1) is 7.87. The first kappa shape index (κ1) is 12.9. The highest BCUT2D eigenvalue weighted by molar-refractivity contribution is 9.10. The molecule has 17 heavy (non-hydrogen) atoms. The van der Waals surface area contributed by atoms with E-state index in [4.69, 9.17) is 4.74 Å². The van der Waals surface area contributed by atoms with Gasteiger partial charge in [0.1, 0.15) is 6.61 Å². The van der Waals surface area contributed by atoms with Crippen LogP contribution in [-0.4, -0.2) is 12.8 Å². The SMILES string of the molecule is Cc1cc(Br)c2c(c1)CCC2OCC(F)(F)F. The molecule has 1 unspecified atom stereocenters. The van der Waals surface area contributed by atoms with Crippen LogP contribution in [0.2, 0.25) is 0 Å². The Morgan fingerprint density at radius 2 is 2.12 bits per heavy atom. The average molecular weight is 309 g/mol. The molecule has 1 aromatic carbocycles. The molecule has 94 valence electrons. The van der Waals surface area contributed by atoms with Crippen molar-refractivity contribution >= 4 is 15.9 Å². The summed E-state index contributed by atoms with van der Waals surface area (Å²) in [6.45, 7) is 0.784. The summed E-state index contributed by atoms with van der Waals surface area (Å²) in [6.07, 6.45) is -3.31. The van der Waals surface area contributed by atoms with E-state index in [2.05, 4.69) is 15.9 Å². The summed E-state index contributed by atoms with van der Waals surface area (Å²) >= 11 is 3.40. The highest BCUT2D eigenvalue weighted by Crippen LogP contribution is 2.40. The quantitative estimate of drug-likeness (QED) is 0.790. The molecule has 1 aliphatic carbocycles. The highest BCUT2D eigenvalue weighted by atomic mass is 79.9. The van der Waals surface area contributed by atoms with E-state index < -0.39 is 18.9 Å². The fourth-order valence-electron chi connectivity index (χ4n) is 2.19. The molecule has 0 N–H and O–H groups in total. The molecule has 0 saturated carbocycles. The first-order valence-electron chi connectivity index (χ1n) is 5.34. The zero-order chi connectivity index (χ0) is 12.6. The Morgan fingerprint density at radius 3 is 2.76 bits per heavy atom. The van der Waals surface area contributed by atoms with Gasteiger partial charge in [0, 0.05) is 4.47 Å². The van der Waals surface area contributed by atoms with Crippen LogP contribution in [0.5, 0.6) is 0 Å². The van der Waals surface area contributed by atoms with Crippen LogP contribution in [0.4, 0.5) is 13.2 Å². The summed E-state index contributed by atoms with van der Waals surface area (Å²) < 4.78 is 42.1. The third-order valence-electron chi connectivity index (χ3n) is 2.81. The van der Waals surface area contributed by atoms with Gasteiger partial charge < -0.3 is 4.74 Å². The van der Waals surface area contributed by atoms with E-state index >= 15 is 0 Å². The van der Waals surface area contributed by atoms with E-state index in [1.54, 1.807) is 0 Å². The second-order valence-corrected chi connectivity index (χ2v) is 5.13. The Kier molecular flexibility index (Phi) is 3.50. The molecule has 0 spiro atoms. The Bertz CT molecular complexity index is 428. The molecule has 0 aliphatic heterocycles. The van der Waals surface area contributed by atoms with E-state index in [0.717, 1.165) is 27.6 Å². The van der Waals surface area contributed by atoms with Crippen molar-refractivity contribution in [2.75, 3.05) is 6.61 Å². The molecule has 1 atom stereocenters. The average Bonchev–Trinajstić information content (AvgIpc) is 2.56. The van der Waals surface area contributed by atoms with Crippen molar-refractivity contribution in [2.45, 2.75) is 32.0 Å². The van der Waals surface area contributed by atoms with Crippen molar-refractivity contribution in [1.82, 2.24) is 0 Å². The van der Waals surface area contributed by atoms with Crippen LogP contribution in [0, 0.1) is 6.92 Å². The van der Waals surface area contributed by atoms with Crippen molar-refractivity contribution in [3.8, 4) is 0 Å². The molecule has 1 aliphatic rings. The summed E-state index contributed by atoms with van der Waals surface area (Å²) in [5.74, 6) is 0. The van der Waals surface area contributed by atoms with Gasteiger partial charge in [-0.1, -0.05) is 22.0 Å². The molecule has 2 rings (SSSR count). The normalized spacial score (nSPS) is 19.5. The monoisotopic (exact) mass is 308 g/mol. The van der Waals surface area contributed by atoms with Gasteiger partial charge in [-0.15, -0.1) is 0 Å². The van der Waals surface area contributed by atoms with Gasteiger partial charge in [0.15, 0.2) is 0 Å². The lowest BCUT2D eigenvalue weighted by Gasteiger charge is -2.16. The van der Waals surface area contributed by atoms with E-state index in [-0.39, 0.29) is 0 Å². The molecular weight excluding hydrogens is 297 g/mol. The maximum atomic E-state index is 12.1. The molecule has 0 bridgehead atoms. The molecule has 0 aromatic heterocycles. The van der Waals surface area contributed by atoms with Crippen LogP contribution in [0.15, 0.2) is 16.6 Å². The fraction of sp³-hybridized carbons (Fsp3) is 0.500. The number of ether oxygens (including phenoxy) is 1. The van der Waals surface area contributed by atoms with Crippen molar-refractivity contribution in [2.24, 2.45) is 0 Å². The zero-order valence-corrected chi connectivity index (χ0v) is 10.9. The molecule has 0 heterocycles. The van der Waals surface area contributed by atoms with Crippen LogP contribution < -0.4 is 0 Å². The van der Waals surface area contributed by atoms with Crippen LogP contribution in [-0.2, 0) is 11.2 Å². The second kappa shape index (κ2) is 4.61. The zero-order valence-electron chi connectivity index (χ0n) is 9.27. The van der Waals surface area contributed by atoms with Gasteiger partial charge in [0.25, 0.3) is 0 Å². The van der Waals surface area contributed by atoms with Gasteiger partial charge >= 0.3 is 6.18 Å². The molecule has 1 nitrogen and oxygen atoms in total. The summed E-state index contributed by atoms with van der Waals surface area (Å²) in [4.78, 5) is 0. The number of rotatable bonds is 2. The second-order valence-electron chi connectivity index (χ2n) is 4.27. The van der Waals surface area contributed by atoms with Crippen molar-refractivity contribution in [1.29, 1.82) is 0 Å². The Morgan fingerprint density at radius 1 is 1.41 bits per heavy atom. The lowest BCUT2D eigenvalue weighted by atomic mass is 10.1. The lowest BCUT2D eigenvalue weighted by molar-refractivity contribution is -0.186. The smallest absolute Gasteiger partial charge is 0.364 e. The number of benzene rings is 1. The van der Waals surface area contributed by atoms with Crippen molar-refractivity contribution in [3.05, 3.63) is 33.3 Å². The predicted molar refractivity (Wildman–Crippen MR) is 61.9 cm³/mol. The van der Waals surface area contributed by atoms with Crippen LogP contribution >= 0.6 is 15.9 Å². The minimum absolute atomic E-state index is 0.443. The van der Waals surface area contributed by atoms with Gasteiger partial charge in [-0.3, -0.25) is 0 Å². The molecule has 1 aromatic rings. The van der Waals surface area contributed by atoms with E-state index in [9.17, 15) is 13.2 Å². The van der Waals surface area contributed by atoms with Crippen LogP contribution in [0.3, 0.4) is 0 Å². The lowest BCUT2D eigenvalue weighted by Crippen LogP contribution is -2.18. The molecule has 5 heteroatoms. The number of hydrogen-bond acceptors (Lipinski definition) is 1. The van der Waals surface area contributed by atoms with Gasteiger partial charge in [-0.25, -0.2) is 0 Å². The van der Waals surface area contributed by atoms with Crippen molar-refractivity contribution in [3.63, 3.8) is 0 Å². The van der Waals surface area contributed by atoms with Gasteiger partial charge in [-0.2, -0.15) is 13.2 Å². The Labute approximate surface area is 106 Å². The van der Waals surface area contributed by atoms with E-state index in [0.29, 0.717) is 6.42 Å². The highest BCUT2D eigenvalue weighted by Gasteiger charge is 2.32. The van der Waals surface area contributed by atoms with E-state index in [1.807, 2.05) is 19.1 Å². The fourth-order valence-corrected chi connectivity index (χ4v) is 3.06. The van der Waals surface area contributed by atoms with Gasteiger partial charge in [0.2, 0.25) is 0 Å².